The molecule has 1 aromatic carbocycles. The molecule has 35 heavy (non-hydrogen) atoms. The first kappa shape index (κ1) is 28.4. The van der Waals surface area contributed by atoms with Gasteiger partial charge < -0.3 is 19.8 Å². The molecule has 0 radical (unpaired) electrons. The van der Waals surface area contributed by atoms with Crippen LogP contribution in [-0.4, -0.2) is 43.1 Å². The van der Waals surface area contributed by atoms with E-state index in [4.69, 9.17) is 14.0 Å². The Hall–Kier alpha value is -2.85. The van der Waals surface area contributed by atoms with E-state index in [0.717, 1.165) is 30.6 Å². The molecule has 2 atom stereocenters. The number of carbonyl (C=O) groups is 3. The normalized spacial score (nSPS) is 12.5. The minimum atomic E-state index is -0.498. The van der Waals surface area contributed by atoms with Gasteiger partial charge in [0.15, 0.2) is 10.4 Å². The number of carbonyl (C=O) groups excluding carboxylic acids is 3. The van der Waals surface area contributed by atoms with Gasteiger partial charge >= 0.3 is 0 Å². The topological polar surface area (TPSA) is 110 Å². The predicted octanol–water partition coefficient (Wildman–Crippen LogP) is 4.42. The molecular formula is C25H34BrN3O6. The number of methoxy groups -OCH3 is 1. The summed E-state index contributed by atoms with van der Waals surface area (Å²) < 4.78 is 10.8. The lowest BCUT2D eigenvalue weighted by atomic mass is 9.90. The van der Waals surface area contributed by atoms with E-state index in [1.807, 2.05) is 31.2 Å². The fourth-order valence-electron chi connectivity index (χ4n) is 3.70. The second-order valence-corrected chi connectivity index (χ2v) is 8.77. The molecule has 0 saturated heterocycles. The van der Waals surface area contributed by atoms with Crippen LogP contribution in [0.5, 0.6) is 5.75 Å². The smallest absolute Gasteiger partial charge is 0.288 e. The highest BCUT2D eigenvalue weighted by atomic mass is 79.9. The second kappa shape index (κ2) is 15.2. The van der Waals surface area contributed by atoms with Gasteiger partial charge in [0.25, 0.3) is 5.91 Å². The van der Waals surface area contributed by atoms with Crippen LogP contribution >= 0.6 is 15.9 Å². The fraction of sp³-hybridized carbons (Fsp3) is 0.480. The number of halogens is 1. The monoisotopic (exact) mass is 551 g/mol. The van der Waals surface area contributed by atoms with E-state index in [-0.39, 0.29) is 24.9 Å². The average Bonchev–Trinajstić information content (AvgIpc) is 3.31. The SMILES string of the molecule is CCCCCC(C(=O)NCNC(=O)c1ccc(Br)o1)C(CC)N(C=O)OCc1ccc(OC)cc1. The maximum atomic E-state index is 13.1. The number of rotatable bonds is 16. The summed E-state index contributed by atoms with van der Waals surface area (Å²) in [5.74, 6) is -0.332. The molecule has 192 valence electrons. The maximum absolute atomic E-state index is 13.1. The molecule has 2 unspecified atom stereocenters. The van der Waals surface area contributed by atoms with Crippen molar-refractivity contribution in [3.05, 3.63) is 52.4 Å². The van der Waals surface area contributed by atoms with Crippen LogP contribution in [0.3, 0.4) is 0 Å². The Balaban J connectivity index is 2.02. The number of hydrogen-bond donors (Lipinski definition) is 2. The standard InChI is InChI=1S/C25H34BrN3O6/c1-4-6-7-8-20(24(31)27-16-28-25(32)22-13-14-23(26)35-22)21(5-2)29(17-30)34-15-18-9-11-19(33-3)12-10-18/h9-14,17,20-21H,4-8,15-16H2,1-3H3,(H,27,31)(H,28,32). The minimum absolute atomic E-state index is 0.0650. The molecular weight excluding hydrogens is 518 g/mol. The van der Waals surface area contributed by atoms with Crippen LogP contribution in [0.4, 0.5) is 0 Å². The summed E-state index contributed by atoms with van der Waals surface area (Å²) >= 11 is 3.15. The van der Waals surface area contributed by atoms with Crippen molar-refractivity contribution in [3.63, 3.8) is 0 Å². The van der Waals surface area contributed by atoms with Crippen molar-refractivity contribution in [3.8, 4) is 5.75 Å². The molecule has 2 aromatic rings. The Labute approximate surface area is 214 Å². The summed E-state index contributed by atoms with van der Waals surface area (Å²) in [5, 5.41) is 6.61. The number of nitrogens with one attached hydrogen (secondary N) is 2. The van der Waals surface area contributed by atoms with Crippen molar-refractivity contribution >= 4 is 34.2 Å². The van der Waals surface area contributed by atoms with Crippen LogP contribution < -0.4 is 15.4 Å². The molecule has 0 aliphatic carbocycles. The Morgan fingerprint density at radius 1 is 1.11 bits per heavy atom. The van der Waals surface area contributed by atoms with E-state index in [1.165, 1.54) is 11.1 Å². The van der Waals surface area contributed by atoms with Gasteiger partial charge in [-0.2, -0.15) is 0 Å². The number of furan rings is 1. The molecule has 0 aliphatic heterocycles. The zero-order valence-corrected chi connectivity index (χ0v) is 22.0. The van der Waals surface area contributed by atoms with E-state index in [9.17, 15) is 14.4 Å². The molecule has 0 saturated carbocycles. The van der Waals surface area contributed by atoms with Crippen LogP contribution in [0, 0.1) is 5.92 Å². The van der Waals surface area contributed by atoms with E-state index in [0.29, 0.717) is 23.9 Å². The molecule has 10 heteroatoms. The first-order chi connectivity index (χ1) is 16.9. The molecule has 1 aromatic heterocycles. The second-order valence-electron chi connectivity index (χ2n) is 7.99. The lowest BCUT2D eigenvalue weighted by Gasteiger charge is -2.32. The third-order valence-electron chi connectivity index (χ3n) is 5.62. The van der Waals surface area contributed by atoms with Gasteiger partial charge in [0.2, 0.25) is 12.3 Å². The van der Waals surface area contributed by atoms with Gasteiger partial charge in [-0.3, -0.25) is 19.2 Å². The summed E-state index contributed by atoms with van der Waals surface area (Å²) in [5.41, 5.74) is 0.867. The summed E-state index contributed by atoms with van der Waals surface area (Å²) in [6.07, 6.45) is 4.55. The molecule has 9 nitrogen and oxygen atoms in total. The maximum Gasteiger partial charge on any atom is 0.288 e. The van der Waals surface area contributed by atoms with Crippen LogP contribution in [-0.2, 0) is 21.0 Å². The zero-order chi connectivity index (χ0) is 25.6. The van der Waals surface area contributed by atoms with Gasteiger partial charge in [0.05, 0.1) is 25.7 Å². The average molecular weight is 552 g/mol. The van der Waals surface area contributed by atoms with Gasteiger partial charge in [-0.15, -0.1) is 0 Å². The lowest BCUT2D eigenvalue weighted by molar-refractivity contribution is -0.200. The number of benzene rings is 1. The van der Waals surface area contributed by atoms with Crippen LogP contribution in [0.1, 0.15) is 62.1 Å². The minimum Gasteiger partial charge on any atom is -0.497 e. The van der Waals surface area contributed by atoms with Crippen molar-refractivity contribution in [1.82, 2.24) is 15.7 Å². The van der Waals surface area contributed by atoms with E-state index >= 15 is 0 Å². The number of unbranched alkanes of at least 4 members (excludes halogenated alkanes) is 2. The van der Waals surface area contributed by atoms with Gasteiger partial charge in [-0.1, -0.05) is 45.2 Å². The number of hydrogen-bond acceptors (Lipinski definition) is 6. The molecule has 1 heterocycles. The summed E-state index contributed by atoms with van der Waals surface area (Å²) in [6.45, 7) is 4.11. The Morgan fingerprint density at radius 3 is 2.43 bits per heavy atom. The number of amides is 3. The highest BCUT2D eigenvalue weighted by Gasteiger charge is 2.32. The Kier molecular flexibility index (Phi) is 12.3. The van der Waals surface area contributed by atoms with Crippen LogP contribution in [0.25, 0.3) is 0 Å². The molecule has 0 aliphatic rings. The van der Waals surface area contributed by atoms with Crippen LogP contribution in [0.15, 0.2) is 45.5 Å². The van der Waals surface area contributed by atoms with E-state index in [1.54, 1.807) is 13.2 Å². The van der Waals surface area contributed by atoms with Crippen molar-refractivity contribution in [2.45, 2.75) is 58.6 Å². The predicted molar refractivity (Wildman–Crippen MR) is 134 cm³/mol. The summed E-state index contributed by atoms with van der Waals surface area (Å²) in [6, 6.07) is 10.0. The van der Waals surface area contributed by atoms with Gasteiger partial charge in [-0.25, -0.2) is 5.06 Å². The molecule has 3 amide bonds. The number of ether oxygens (including phenoxy) is 1. The first-order valence-electron chi connectivity index (χ1n) is 11.7. The first-order valence-corrected chi connectivity index (χ1v) is 12.5. The zero-order valence-electron chi connectivity index (χ0n) is 20.4. The Bertz CT molecular complexity index is 934. The van der Waals surface area contributed by atoms with Crippen molar-refractivity contribution < 1.29 is 28.4 Å². The lowest BCUT2D eigenvalue weighted by Crippen LogP contribution is -2.48. The van der Waals surface area contributed by atoms with Gasteiger partial charge in [-0.05, 0) is 58.6 Å². The summed E-state index contributed by atoms with van der Waals surface area (Å²) in [7, 11) is 1.59. The van der Waals surface area contributed by atoms with Crippen molar-refractivity contribution in [2.24, 2.45) is 5.92 Å². The van der Waals surface area contributed by atoms with Crippen LogP contribution in [0.2, 0.25) is 0 Å². The quantitative estimate of drug-likeness (QED) is 0.138. The van der Waals surface area contributed by atoms with Gasteiger partial charge in [0.1, 0.15) is 12.4 Å². The number of hydroxylamine groups is 2. The molecule has 0 bridgehead atoms. The number of nitrogens with zero attached hydrogens (tertiary/aromatic N) is 1. The third kappa shape index (κ3) is 9.03. The Morgan fingerprint density at radius 2 is 1.86 bits per heavy atom. The fourth-order valence-corrected chi connectivity index (χ4v) is 4.00. The van der Waals surface area contributed by atoms with Crippen molar-refractivity contribution in [1.29, 1.82) is 0 Å². The highest BCUT2D eigenvalue weighted by Crippen LogP contribution is 2.23. The molecule has 0 spiro atoms. The van der Waals surface area contributed by atoms with E-state index < -0.39 is 17.9 Å². The van der Waals surface area contributed by atoms with Crippen molar-refractivity contribution in [2.75, 3.05) is 13.8 Å². The van der Waals surface area contributed by atoms with E-state index in [2.05, 4.69) is 33.5 Å². The highest BCUT2D eigenvalue weighted by molar-refractivity contribution is 9.10. The largest absolute Gasteiger partial charge is 0.497 e. The molecule has 2 rings (SSSR count). The molecule has 2 N–H and O–H groups in total. The summed E-state index contributed by atoms with van der Waals surface area (Å²) in [4.78, 5) is 43.0. The molecule has 0 fully saturated rings. The third-order valence-corrected chi connectivity index (χ3v) is 6.04. The van der Waals surface area contributed by atoms with Gasteiger partial charge in [0, 0.05) is 0 Å².